The number of halogens is 3. The predicted octanol–water partition coefficient (Wildman–Crippen LogP) is 3.02. The maximum atomic E-state index is 11.9. The Morgan fingerprint density at radius 3 is 2.69 bits per heavy atom. The van der Waals surface area contributed by atoms with Crippen LogP contribution in [0.4, 0.5) is 13.2 Å². The van der Waals surface area contributed by atoms with Gasteiger partial charge in [0.2, 0.25) is 0 Å². The lowest BCUT2D eigenvalue weighted by Gasteiger charge is -2.04. The second-order valence-corrected chi connectivity index (χ2v) is 4.09. The van der Waals surface area contributed by atoms with Crippen LogP contribution < -0.4 is 0 Å². The fourth-order valence-corrected chi connectivity index (χ4v) is 1.86. The molecule has 1 aromatic rings. The van der Waals surface area contributed by atoms with Crippen LogP contribution in [0.25, 0.3) is 0 Å². The number of hydrogen-bond donors (Lipinski definition) is 0. The van der Waals surface area contributed by atoms with Gasteiger partial charge in [-0.05, 0) is 18.0 Å². The number of nitrogens with zero attached hydrogens (tertiary/aromatic N) is 2. The highest BCUT2D eigenvalue weighted by atomic mass is 32.1. The van der Waals surface area contributed by atoms with Gasteiger partial charge in [0.15, 0.2) is 5.78 Å². The molecule has 0 unspecified atom stereocenters. The molecule has 7 heteroatoms. The van der Waals surface area contributed by atoms with E-state index in [2.05, 4.69) is 9.59 Å². The Bertz CT molecular complexity index is 362. The highest BCUT2D eigenvalue weighted by Gasteiger charge is 2.29. The maximum absolute atomic E-state index is 11.9. The van der Waals surface area contributed by atoms with Gasteiger partial charge in [-0.3, -0.25) is 4.79 Å². The normalized spacial score (nSPS) is 11.8. The first kappa shape index (κ1) is 13.1. The Hall–Kier alpha value is -0.980. The number of alkyl halides is 3. The van der Waals surface area contributed by atoms with Gasteiger partial charge in [-0.15, -0.1) is 5.10 Å². The minimum atomic E-state index is -4.29. The lowest BCUT2D eigenvalue weighted by Crippen LogP contribution is -2.11. The van der Waals surface area contributed by atoms with Gasteiger partial charge in [-0.1, -0.05) is 17.8 Å². The fourth-order valence-electron chi connectivity index (χ4n) is 1.19. The van der Waals surface area contributed by atoms with E-state index >= 15 is 0 Å². The number of aryl methyl sites for hydroxylation is 1. The zero-order chi connectivity index (χ0) is 12.2. The molecule has 0 N–H and O–H groups in total. The number of Topliss-reactive ketones (excluding diaryl/α,β-unsaturated/α-hetero) is 1. The molecule has 0 saturated heterocycles. The topological polar surface area (TPSA) is 42.9 Å². The van der Waals surface area contributed by atoms with Crippen molar-refractivity contribution in [1.82, 2.24) is 9.59 Å². The summed E-state index contributed by atoms with van der Waals surface area (Å²) in [5.41, 5.74) is 0.514. The molecule has 1 rings (SSSR count). The summed E-state index contributed by atoms with van der Waals surface area (Å²) >= 11 is 0.870. The van der Waals surface area contributed by atoms with Crippen molar-refractivity contribution in [2.45, 2.75) is 38.8 Å². The standard InChI is InChI=1S/C9H11F3N2OS/c1-2-3-6-8(16-14-13-6)7(15)4-5-9(10,11)12/h2-5H2,1H3. The lowest BCUT2D eigenvalue weighted by atomic mass is 10.1. The van der Waals surface area contributed by atoms with E-state index in [0.717, 1.165) is 18.0 Å². The van der Waals surface area contributed by atoms with Crippen molar-refractivity contribution in [3.63, 3.8) is 0 Å². The smallest absolute Gasteiger partial charge is 0.293 e. The van der Waals surface area contributed by atoms with Crippen LogP contribution in [0.15, 0.2) is 0 Å². The average Bonchev–Trinajstić information content (AvgIpc) is 2.62. The largest absolute Gasteiger partial charge is 0.389 e. The number of ketones is 1. The van der Waals surface area contributed by atoms with E-state index in [0.29, 0.717) is 12.1 Å². The van der Waals surface area contributed by atoms with Crippen molar-refractivity contribution in [1.29, 1.82) is 0 Å². The van der Waals surface area contributed by atoms with Gasteiger partial charge in [0.1, 0.15) is 4.88 Å². The molecule has 0 amide bonds. The van der Waals surface area contributed by atoms with Crippen molar-refractivity contribution >= 4 is 17.3 Å². The Balaban J connectivity index is 2.62. The molecule has 0 aromatic carbocycles. The third-order valence-electron chi connectivity index (χ3n) is 1.93. The maximum Gasteiger partial charge on any atom is 0.389 e. The van der Waals surface area contributed by atoms with Gasteiger partial charge in [-0.2, -0.15) is 13.2 Å². The first-order valence-electron chi connectivity index (χ1n) is 4.85. The quantitative estimate of drug-likeness (QED) is 0.756. The first-order chi connectivity index (χ1) is 7.44. The zero-order valence-corrected chi connectivity index (χ0v) is 9.49. The van der Waals surface area contributed by atoms with E-state index in [1.54, 1.807) is 0 Å². The summed E-state index contributed by atoms with van der Waals surface area (Å²) in [5.74, 6) is -0.518. The van der Waals surface area contributed by atoms with Crippen molar-refractivity contribution in [2.75, 3.05) is 0 Å². The molecule has 1 heterocycles. The van der Waals surface area contributed by atoms with E-state index in [1.807, 2.05) is 6.92 Å². The monoisotopic (exact) mass is 252 g/mol. The van der Waals surface area contributed by atoms with E-state index in [1.165, 1.54) is 0 Å². The molecule has 3 nitrogen and oxygen atoms in total. The summed E-state index contributed by atoms with van der Waals surface area (Å²) in [7, 11) is 0. The second-order valence-electron chi connectivity index (χ2n) is 3.34. The fraction of sp³-hybridized carbons (Fsp3) is 0.667. The molecule has 0 aliphatic rings. The first-order valence-corrected chi connectivity index (χ1v) is 5.62. The predicted molar refractivity (Wildman–Crippen MR) is 53.5 cm³/mol. The van der Waals surface area contributed by atoms with Crippen LogP contribution in [0, 0.1) is 0 Å². The third-order valence-corrected chi connectivity index (χ3v) is 2.74. The van der Waals surface area contributed by atoms with Gasteiger partial charge in [-0.25, -0.2) is 0 Å². The SMILES string of the molecule is CCCc1nnsc1C(=O)CCC(F)(F)F. The summed E-state index contributed by atoms with van der Waals surface area (Å²) in [6, 6.07) is 0. The van der Waals surface area contributed by atoms with Crippen LogP contribution in [-0.2, 0) is 6.42 Å². The number of carbonyl (C=O) groups excluding carboxylic acids is 1. The Labute approximate surface area is 94.8 Å². The lowest BCUT2D eigenvalue weighted by molar-refractivity contribution is -0.133. The molecule has 0 spiro atoms. The Morgan fingerprint density at radius 2 is 2.12 bits per heavy atom. The molecule has 1 aromatic heterocycles. The Kier molecular flexibility index (Phi) is 4.40. The van der Waals surface area contributed by atoms with Crippen molar-refractivity contribution in [3.05, 3.63) is 10.6 Å². The molecule has 0 aliphatic heterocycles. The van der Waals surface area contributed by atoms with Crippen LogP contribution in [0.2, 0.25) is 0 Å². The zero-order valence-electron chi connectivity index (χ0n) is 8.67. The Morgan fingerprint density at radius 1 is 1.44 bits per heavy atom. The molecule has 0 fully saturated rings. The van der Waals surface area contributed by atoms with Gasteiger partial charge in [0.05, 0.1) is 12.1 Å². The molecule has 0 bridgehead atoms. The van der Waals surface area contributed by atoms with Crippen LogP contribution >= 0.6 is 11.5 Å². The highest BCUT2D eigenvalue weighted by molar-refractivity contribution is 7.08. The van der Waals surface area contributed by atoms with Crippen molar-refractivity contribution in [2.24, 2.45) is 0 Å². The van der Waals surface area contributed by atoms with E-state index in [9.17, 15) is 18.0 Å². The van der Waals surface area contributed by atoms with E-state index in [-0.39, 0.29) is 4.88 Å². The second kappa shape index (κ2) is 5.38. The van der Waals surface area contributed by atoms with Gasteiger partial charge < -0.3 is 0 Å². The van der Waals surface area contributed by atoms with E-state index in [4.69, 9.17) is 0 Å². The number of carbonyl (C=O) groups is 1. The van der Waals surface area contributed by atoms with Gasteiger partial charge >= 0.3 is 6.18 Å². The summed E-state index contributed by atoms with van der Waals surface area (Å²) in [6.07, 6.45) is -4.55. The minimum absolute atomic E-state index is 0.270. The van der Waals surface area contributed by atoms with Crippen molar-refractivity contribution < 1.29 is 18.0 Å². The van der Waals surface area contributed by atoms with Gasteiger partial charge in [0, 0.05) is 6.42 Å². The molecular weight excluding hydrogens is 241 g/mol. The van der Waals surface area contributed by atoms with Crippen LogP contribution in [-0.4, -0.2) is 21.5 Å². The summed E-state index contributed by atoms with van der Waals surface area (Å²) in [5, 5.41) is 3.74. The molecule has 0 aliphatic carbocycles. The minimum Gasteiger partial charge on any atom is -0.293 e. The summed E-state index contributed by atoms with van der Waals surface area (Å²) in [6.45, 7) is 1.91. The summed E-state index contributed by atoms with van der Waals surface area (Å²) in [4.78, 5) is 11.7. The third kappa shape index (κ3) is 3.88. The van der Waals surface area contributed by atoms with E-state index < -0.39 is 24.8 Å². The van der Waals surface area contributed by atoms with Crippen LogP contribution in [0.1, 0.15) is 41.6 Å². The molecule has 0 saturated carbocycles. The highest BCUT2D eigenvalue weighted by Crippen LogP contribution is 2.24. The number of hydrogen-bond acceptors (Lipinski definition) is 4. The molecule has 0 atom stereocenters. The van der Waals surface area contributed by atoms with Crippen molar-refractivity contribution in [3.8, 4) is 0 Å². The molecule has 16 heavy (non-hydrogen) atoms. The molecule has 90 valence electrons. The number of rotatable bonds is 5. The molecule has 0 radical (unpaired) electrons. The summed E-state index contributed by atoms with van der Waals surface area (Å²) < 4.78 is 39.4. The molecular formula is C9H11F3N2OS. The van der Waals surface area contributed by atoms with Crippen LogP contribution in [0.5, 0.6) is 0 Å². The number of aromatic nitrogens is 2. The average molecular weight is 252 g/mol. The van der Waals surface area contributed by atoms with Crippen LogP contribution in [0.3, 0.4) is 0 Å². The van der Waals surface area contributed by atoms with Gasteiger partial charge in [0.25, 0.3) is 0 Å².